The summed E-state index contributed by atoms with van der Waals surface area (Å²) in [5.41, 5.74) is 3.93. The van der Waals surface area contributed by atoms with E-state index in [4.69, 9.17) is 18.6 Å². The van der Waals surface area contributed by atoms with Gasteiger partial charge < -0.3 is 0 Å². The Morgan fingerprint density at radius 3 is 2.04 bits per heavy atom. The zero-order chi connectivity index (χ0) is 19.4. The van der Waals surface area contributed by atoms with Gasteiger partial charge in [-0.1, -0.05) is 57.7 Å². The van der Waals surface area contributed by atoms with Gasteiger partial charge in [-0.25, -0.2) is 18.6 Å². The molecule has 2 aromatic carbocycles. The predicted molar refractivity (Wildman–Crippen MR) is 82.5 cm³/mol. The Labute approximate surface area is 156 Å². The molecule has 4 aromatic rings. The van der Waals surface area contributed by atoms with Crippen LogP contribution in [0, 0.1) is 17.2 Å². The minimum atomic E-state index is -4.94. The molecular weight excluding hydrogens is 374 g/mol. The third kappa shape index (κ3) is 4.82. The van der Waals surface area contributed by atoms with Gasteiger partial charge in [0.15, 0.2) is 0 Å². The van der Waals surface area contributed by atoms with Crippen LogP contribution in [-0.2, 0) is 0 Å². The molecular formula is C17H14ClN5O4. The van der Waals surface area contributed by atoms with Crippen molar-refractivity contribution in [2.45, 2.75) is 6.92 Å². The second-order valence-electron chi connectivity index (χ2n) is 5.46. The number of fused-ring (bicyclic) bond motifs is 1. The van der Waals surface area contributed by atoms with Crippen molar-refractivity contribution in [3.8, 4) is 16.9 Å². The van der Waals surface area contributed by atoms with Crippen molar-refractivity contribution in [2.75, 3.05) is 0 Å². The molecule has 9 nitrogen and oxygen atoms in total. The van der Waals surface area contributed by atoms with Crippen molar-refractivity contribution < 1.29 is 33.4 Å². The van der Waals surface area contributed by atoms with Crippen LogP contribution < -0.4 is 23.2 Å². The van der Waals surface area contributed by atoms with Crippen LogP contribution in [0.25, 0.3) is 22.7 Å². The highest BCUT2D eigenvalue weighted by atomic mass is 35.7. The largest absolute Gasteiger partial charge is 0.413 e. The second kappa shape index (κ2) is 7.74. The molecule has 138 valence electrons. The molecule has 0 saturated carbocycles. The summed E-state index contributed by atoms with van der Waals surface area (Å²) < 4.78 is 37.5. The number of para-hydroxylation sites is 1. The van der Waals surface area contributed by atoms with E-state index in [0.29, 0.717) is 5.78 Å². The molecule has 0 aliphatic rings. The molecule has 0 radical (unpaired) electrons. The molecule has 0 spiro atoms. The van der Waals surface area contributed by atoms with Gasteiger partial charge in [0, 0.05) is 11.6 Å². The Morgan fingerprint density at radius 1 is 0.889 bits per heavy atom. The molecule has 0 atom stereocenters. The second-order valence-corrected chi connectivity index (χ2v) is 6.22. The summed E-state index contributed by atoms with van der Waals surface area (Å²) >= 11 is 0. The Kier molecular flexibility index (Phi) is 5.40. The van der Waals surface area contributed by atoms with Gasteiger partial charge in [-0.15, -0.1) is 15.2 Å². The standard InChI is InChI=1S/C17H14N5.ClHO4/c1-13-12-16(14-8-4-2-5-9-14)22-17(18-13)21(19-20-22)15-10-6-3-7-11-15;2-1(3,4)5/h2-12H,1H3;(H,2,3,4,5)/q+1;/p-1. The number of aryl methyl sites for hydroxylation is 1. The van der Waals surface area contributed by atoms with Crippen molar-refractivity contribution in [2.24, 2.45) is 0 Å². The lowest BCUT2D eigenvalue weighted by atomic mass is 10.1. The minimum Gasteiger partial charge on any atom is -0.222 e. The average Bonchev–Trinajstić information content (AvgIpc) is 3.05. The topological polar surface area (TPSA) is 140 Å². The molecule has 0 aliphatic heterocycles. The predicted octanol–water partition coefficient (Wildman–Crippen LogP) is -2.38. The first kappa shape index (κ1) is 18.8. The molecule has 27 heavy (non-hydrogen) atoms. The number of hydrogen-bond acceptors (Lipinski definition) is 7. The first-order valence-electron chi connectivity index (χ1n) is 7.71. The van der Waals surface area contributed by atoms with Crippen LogP contribution in [0.3, 0.4) is 0 Å². The Morgan fingerprint density at radius 2 is 1.44 bits per heavy atom. The monoisotopic (exact) mass is 387 g/mol. The van der Waals surface area contributed by atoms with Gasteiger partial charge in [-0.3, -0.25) is 0 Å². The van der Waals surface area contributed by atoms with Crippen LogP contribution in [0.4, 0.5) is 0 Å². The van der Waals surface area contributed by atoms with Crippen LogP contribution in [0.15, 0.2) is 66.7 Å². The molecule has 2 aromatic heterocycles. The van der Waals surface area contributed by atoms with Gasteiger partial charge in [0.1, 0.15) is 22.3 Å². The first-order chi connectivity index (χ1) is 12.8. The van der Waals surface area contributed by atoms with E-state index in [-0.39, 0.29) is 0 Å². The van der Waals surface area contributed by atoms with Crippen LogP contribution in [0.2, 0.25) is 0 Å². The average molecular weight is 388 g/mol. The normalized spacial score (nSPS) is 11.1. The lowest BCUT2D eigenvalue weighted by Crippen LogP contribution is -2.68. The van der Waals surface area contributed by atoms with E-state index in [1.165, 1.54) is 0 Å². The van der Waals surface area contributed by atoms with Crippen LogP contribution in [0.5, 0.6) is 0 Å². The van der Waals surface area contributed by atoms with E-state index in [2.05, 4.69) is 27.5 Å². The van der Waals surface area contributed by atoms with Gasteiger partial charge in [-0.05, 0) is 19.1 Å². The SMILES string of the molecule is Cc1cc(-c2ccccc2)[n+]2nnn(-c3ccccc3)c2n1.[O-][Cl+3]([O-])([O-])[O-]. The zero-order valence-corrected chi connectivity index (χ0v) is 14.9. The van der Waals surface area contributed by atoms with E-state index >= 15 is 0 Å². The smallest absolute Gasteiger partial charge is 0.222 e. The Bertz CT molecular complexity index is 1030. The van der Waals surface area contributed by atoms with Gasteiger partial charge in [-0.2, -0.15) is 0 Å². The van der Waals surface area contributed by atoms with Gasteiger partial charge in [0.2, 0.25) is 0 Å². The number of tetrazole rings is 1. The first-order valence-corrected chi connectivity index (χ1v) is 8.94. The summed E-state index contributed by atoms with van der Waals surface area (Å²) in [6.45, 7) is 1.98. The van der Waals surface area contributed by atoms with E-state index < -0.39 is 10.2 Å². The number of rotatable bonds is 2. The quantitative estimate of drug-likeness (QED) is 0.350. The third-order valence-electron chi connectivity index (χ3n) is 3.52. The summed E-state index contributed by atoms with van der Waals surface area (Å²) in [6, 6.07) is 22.1. The van der Waals surface area contributed by atoms with E-state index in [9.17, 15) is 0 Å². The molecule has 0 bridgehead atoms. The lowest BCUT2D eigenvalue weighted by Gasteiger charge is -2.17. The maximum absolute atomic E-state index is 8.49. The lowest BCUT2D eigenvalue weighted by molar-refractivity contribution is -2.00. The molecule has 4 rings (SSSR count). The highest BCUT2D eigenvalue weighted by Crippen LogP contribution is 2.16. The van der Waals surface area contributed by atoms with Crippen molar-refractivity contribution in [1.29, 1.82) is 0 Å². The third-order valence-corrected chi connectivity index (χ3v) is 3.52. The highest BCUT2D eigenvalue weighted by molar-refractivity contribution is 5.57. The summed E-state index contributed by atoms with van der Waals surface area (Å²) in [7, 11) is -4.94. The van der Waals surface area contributed by atoms with Gasteiger partial charge >= 0.3 is 5.78 Å². The fraction of sp³-hybridized carbons (Fsp3) is 0.0588. The summed E-state index contributed by atoms with van der Waals surface area (Å²) in [6.07, 6.45) is 0. The van der Waals surface area contributed by atoms with Crippen LogP contribution >= 0.6 is 0 Å². The number of hydrogen-bond donors (Lipinski definition) is 0. The summed E-state index contributed by atoms with van der Waals surface area (Å²) in [4.78, 5) is 4.60. The van der Waals surface area contributed by atoms with Crippen LogP contribution in [-0.4, -0.2) is 20.1 Å². The fourth-order valence-corrected chi connectivity index (χ4v) is 2.50. The maximum Gasteiger partial charge on any atom is 0.413 e. The number of aromatic nitrogens is 5. The van der Waals surface area contributed by atoms with E-state index in [1.54, 1.807) is 9.20 Å². The van der Waals surface area contributed by atoms with E-state index in [1.807, 2.05) is 61.5 Å². The maximum atomic E-state index is 8.49. The fourth-order valence-electron chi connectivity index (χ4n) is 2.50. The summed E-state index contributed by atoms with van der Waals surface area (Å²) in [5, 5.41) is 8.54. The number of benzene rings is 2. The van der Waals surface area contributed by atoms with Crippen molar-refractivity contribution in [3.05, 3.63) is 72.4 Å². The summed E-state index contributed by atoms with van der Waals surface area (Å²) in [5.74, 6) is 0.699. The molecule has 0 unspecified atom stereocenters. The van der Waals surface area contributed by atoms with Gasteiger partial charge in [0.05, 0.1) is 5.21 Å². The van der Waals surface area contributed by atoms with Crippen molar-refractivity contribution in [3.63, 3.8) is 0 Å². The van der Waals surface area contributed by atoms with Crippen molar-refractivity contribution in [1.82, 2.24) is 20.1 Å². The van der Waals surface area contributed by atoms with Gasteiger partial charge in [0.25, 0.3) is 0 Å². The van der Waals surface area contributed by atoms with Crippen molar-refractivity contribution >= 4 is 5.78 Å². The Hall–Kier alpha value is -2.95. The molecule has 0 aliphatic carbocycles. The minimum absolute atomic E-state index is 0.699. The Balaban J connectivity index is 0.000000376. The van der Waals surface area contributed by atoms with Crippen LogP contribution in [0.1, 0.15) is 5.69 Å². The molecule has 2 heterocycles. The molecule has 0 fully saturated rings. The molecule has 0 amide bonds. The zero-order valence-electron chi connectivity index (χ0n) is 14.1. The number of nitrogens with zero attached hydrogens (tertiary/aromatic N) is 5. The molecule has 0 saturated heterocycles. The highest BCUT2D eigenvalue weighted by Gasteiger charge is 2.21. The number of halogens is 1. The molecule has 0 N–H and O–H groups in total. The molecule has 10 heteroatoms. The van der Waals surface area contributed by atoms with E-state index in [0.717, 1.165) is 22.6 Å².